The average molecular weight is 704 g/mol. The third kappa shape index (κ3) is 9.39. The van der Waals surface area contributed by atoms with Gasteiger partial charge in [-0.25, -0.2) is 0 Å². The molecule has 39 heavy (non-hydrogen) atoms. The molecule has 0 aromatic heterocycles. The molecular formula is C31H46Br2O4P2. The number of rotatable bonds is 18. The Morgan fingerprint density at radius 1 is 0.667 bits per heavy atom. The molecule has 3 rings (SSSR count). The molecule has 0 fully saturated rings. The van der Waals surface area contributed by atoms with Gasteiger partial charge in [-0.3, -0.25) is 4.57 Å². The van der Waals surface area contributed by atoms with Gasteiger partial charge in [0.25, 0.3) is 0 Å². The van der Waals surface area contributed by atoms with Crippen LogP contribution in [0.15, 0.2) is 45.3 Å². The fraction of sp³-hybridized carbons (Fsp3) is 0.613. The van der Waals surface area contributed by atoms with E-state index >= 15 is 0 Å². The lowest BCUT2D eigenvalue weighted by molar-refractivity contribution is 0.219. The second kappa shape index (κ2) is 15.3. The van der Waals surface area contributed by atoms with Crippen molar-refractivity contribution in [1.82, 2.24) is 0 Å². The summed E-state index contributed by atoms with van der Waals surface area (Å²) in [4.78, 5) is 0. The van der Waals surface area contributed by atoms with Gasteiger partial charge in [-0.1, -0.05) is 82.5 Å². The second-order valence-corrected chi connectivity index (χ2v) is 18.9. The smallest absolute Gasteiger partial charge is 0.324 e. The minimum absolute atomic E-state index is 0.0189. The van der Waals surface area contributed by atoms with Crippen LogP contribution in [0.25, 0.3) is 11.1 Å². The van der Waals surface area contributed by atoms with Gasteiger partial charge in [0.15, 0.2) is 0 Å². The highest BCUT2D eigenvalue weighted by atomic mass is 79.9. The lowest BCUT2D eigenvalue weighted by Crippen LogP contribution is -2.25. The van der Waals surface area contributed by atoms with Crippen LogP contribution < -0.4 is 0 Å². The molecule has 8 heteroatoms. The van der Waals surface area contributed by atoms with Crippen LogP contribution in [-0.2, 0) is 23.6 Å². The Kier molecular flexibility index (Phi) is 13.1. The third-order valence-electron chi connectivity index (χ3n) is 7.77. The monoisotopic (exact) mass is 702 g/mol. The van der Waals surface area contributed by atoms with Crippen molar-refractivity contribution in [2.24, 2.45) is 0 Å². The molecule has 218 valence electrons. The predicted molar refractivity (Wildman–Crippen MR) is 174 cm³/mol. The van der Waals surface area contributed by atoms with Gasteiger partial charge in [0, 0.05) is 20.5 Å². The van der Waals surface area contributed by atoms with E-state index < -0.39 is 14.7 Å². The van der Waals surface area contributed by atoms with Crippen molar-refractivity contribution in [2.75, 3.05) is 38.9 Å². The van der Waals surface area contributed by atoms with E-state index in [1.165, 1.54) is 28.7 Å². The number of unbranched alkanes of at least 4 members (excludes halogenated alkanes) is 6. The van der Waals surface area contributed by atoms with Crippen LogP contribution in [-0.4, -0.2) is 38.9 Å². The highest BCUT2D eigenvalue weighted by molar-refractivity contribution is 9.10. The Hall–Kier alpha value is -0.220. The maximum Gasteiger partial charge on any atom is 0.330 e. The summed E-state index contributed by atoms with van der Waals surface area (Å²) in [7, 11) is -4.90. The van der Waals surface area contributed by atoms with E-state index in [1.54, 1.807) is 0 Å². The fourth-order valence-electron chi connectivity index (χ4n) is 6.02. The van der Waals surface area contributed by atoms with Crippen molar-refractivity contribution in [3.8, 4) is 11.1 Å². The summed E-state index contributed by atoms with van der Waals surface area (Å²) in [5, 5.41) is 0. The molecule has 0 amide bonds. The van der Waals surface area contributed by atoms with Gasteiger partial charge in [-0.15, -0.1) is 0 Å². The normalized spacial score (nSPS) is 14.4. The zero-order chi connectivity index (χ0) is 28.5. The summed E-state index contributed by atoms with van der Waals surface area (Å²) in [6, 6.07) is 13.5. The van der Waals surface area contributed by atoms with E-state index in [0.29, 0.717) is 19.4 Å². The van der Waals surface area contributed by atoms with E-state index in [2.05, 4.69) is 68.3 Å². The lowest BCUT2D eigenvalue weighted by atomic mass is 9.70. The van der Waals surface area contributed by atoms with Crippen LogP contribution in [0.2, 0.25) is 0 Å². The molecule has 0 bridgehead atoms. The van der Waals surface area contributed by atoms with Crippen molar-refractivity contribution in [3.05, 3.63) is 56.5 Å². The van der Waals surface area contributed by atoms with Crippen LogP contribution in [0.5, 0.6) is 0 Å². The van der Waals surface area contributed by atoms with Crippen molar-refractivity contribution in [3.63, 3.8) is 0 Å². The van der Waals surface area contributed by atoms with Crippen LogP contribution in [0.4, 0.5) is 0 Å². The molecule has 0 spiro atoms. The minimum atomic E-state index is -2.96. The predicted octanol–water partition coefficient (Wildman–Crippen LogP) is 11.3. The first-order valence-electron chi connectivity index (χ1n) is 14.6. The molecule has 1 aliphatic rings. The van der Waals surface area contributed by atoms with Gasteiger partial charge in [0.05, 0.1) is 26.5 Å². The maximum absolute atomic E-state index is 12.8. The molecule has 1 aliphatic carbocycles. The lowest BCUT2D eigenvalue weighted by Gasteiger charge is -2.33. The van der Waals surface area contributed by atoms with Gasteiger partial charge >= 0.3 is 7.60 Å². The molecule has 4 nitrogen and oxygen atoms in total. The van der Waals surface area contributed by atoms with Gasteiger partial charge < -0.3 is 13.6 Å². The topological polar surface area (TPSA) is 52.6 Å². The number of hydrogen-bond donors (Lipinski definition) is 0. The molecule has 2 aromatic carbocycles. The first-order valence-corrected chi connectivity index (χ1v) is 20.7. The van der Waals surface area contributed by atoms with Crippen molar-refractivity contribution in [2.45, 2.75) is 83.5 Å². The Balaban J connectivity index is 1.73. The quantitative estimate of drug-likeness (QED) is 0.115. The first-order chi connectivity index (χ1) is 18.5. The van der Waals surface area contributed by atoms with Crippen LogP contribution in [0.1, 0.15) is 89.2 Å². The molecule has 0 unspecified atom stereocenters. The highest BCUT2D eigenvalue weighted by Gasteiger charge is 2.42. The second-order valence-electron chi connectivity index (χ2n) is 11.3. The third-order valence-corrected chi connectivity index (χ3v) is 12.3. The van der Waals surface area contributed by atoms with Crippen LogP contribution in [0.3, 0.4) is 0 Å². The minimum Gasteiger partial charge on any atom is -0.324 e. The molecule has 0 saturated carbocycles. The van der Waals surface area contributed by atoms with Crippen LogP contribution >= 0.6 is 46.6 Å². The summed E-state index contributed by atoms with van der Waals surface area (Å²) in [5.41, 5.74) is 5.57. The summed E-state index contributed by atoms with van der Waals surface area (Å²) >= 11 is 7.51. The van der Waals surface area contributed by atoms with Crippen LogP contribution in [0, 0.1) is 0 Å². The summed E-state index contributed by atoms with van der Waals surface area (Å²) in [6.07, 6.45) is 12.1. The largest absolute Gasteiger partial charge is 0.330 e. The molecule has 0 saturated heterocycles. The van der Waals surface area contributed by atoms with E-state index in [4.69, 9.17) is 9.05 Å². The Labute approximate surface area is 253 Å². The number of hydrogen-bond acceptors (Lipinski definition) is 4. The Bertz CT molecular complexity index is 1120. The molecule has 0 radical (unpaired) electrons. The van der Waals surface area contributed by atoms with Gasteiger partial charge in [0.2, 0.25) is 0 Å². The summed E-state index contributed by atoms with van der Waals surface area (Å²) in [6.45, 7) is 8.36. The molecule has 0 atom stereocenters. The standard InChI is InChI=1S/C31H46Br2O4P2/c1-5-36-39(35,37-6-2)22-14-10-8-12-20-31(19-11-7-9-13-21-38(3,4)34)29-23-25(32)15-17-27(29)28-18-16-26(33)24-30(28)31/h15-18,23-24H,5-14,19-22H2,1-4H3. The van der Waals surface area contributed by atoms with Crippen molar-refractivity contribution in [1.29, 1.82) is 0 Å². The van der Waals surface area contributed by atoms with Crippen molar-refractivity contribution < 1.29 is 18.2 Å². The van der Waals surface area contributed by atoms with Gasteiger partial charge in [-0.2, -0.15) is 0 Å². The zero-order valence-corrected chi connectivity index (χ0v) is 29.1. The van der Waals surface area contributed by atoms with E-state index in [9.17, 15) is 9.13 Å². The van der Waals surface area contributed by atoms with Gasteiger partial charge in [-0.05, 0) is 99.4 Å². The molecule has 0 heterocycles. The molecular weight excluding hydrogens is 658 g/mol. The number of fused-ring (bicyclic) bond motifs is 3. The molecule has 2 aromatic rings. The fourth-order valence-corrected chi connectivity index (χ4v) is 9.46. The Morgan fingerprint density at radius 2 is 1.10 bits per heavy atom. The Morgan fingerprint density at radius 3 is 1.54 bits per heavy atom. The SMILES string of the molecule is CCOP(=O)(CCCCCCC1(CCCCCCP(C)(C)=O)c2cc(Br)ccc2-c2ccc(Br)cc21)OCC. The number of benzene rings is 2. The van der Waals surface area contributed by atoms with E-state index in [1.807, 2.05) is 27.2 Å². The highest BCUT2D eigenvalue weighted by Crippen LogP contribution is 2.55. The molecule has 0 N–H and O–H groups in total. The van der Waals surface area contributed by atoms with Crippen molar-refractivity contribution >= 4 is 46.6 Å². The zero-order valence-electron chi connectivity index (χ0n) is 24.1. The summed E-state index contributed by atoms with van der Waals surface area (Å²) < 4.78 is 38.1. The number of halogens is 2. The van der Waals surface area contributed by atoms with E-state index in [-0.39, 0.29) is 5.41 Å². The first kappa shape index (κ1) is 33.3. The van der Waals surface area contributed by atoms with Gasteiger partial charge in [0.1, 0.15) is 0 Å². The molecule has 0 aliphatic heterocycles. The van der Waals surface area contributed by atoms with E-state index in [0.717, 1.165) is 72.9 Å². The summed E-state index contributed by atoms with van der Waals surface area (Å²) in [5.74, 6) is 0. The average Bonchev–Trinajstić information content (AvgIpc) is 3.11. The maximum atomic E-state index is 12.8.